The molecular formula is C10H3F12NS. The van der Waals surface area contributed by atoms with Gasteiger partial charge in [-0.05, 0) is 12.1 Å². The lowest BCUT2D eigenvalue weighted by Crippen LogP contribution is -2.19. The normalized spacial score (nSPS) is 14.0. The third-order valence-electron chi connectivity index (χ3n) is 2.35. The zero-order chi connectivity index (χ0) is 19.1. The molecule has 1 aromatic carbocycles. The highest BCUT2D eigenvalue weighted by molar-refractivity contribution is 8.01. The van der Waals surface area contributed by atoms with Crippen LogP contribution in [-0.2, 0) is 18.5 Å². The van der Waals surface area contributed by atoms with Gasteiger partial charge >= 0.3 is 24.0 Å². The van der Waals surface area contributed by atoms with Gasteiger partial charge in [-0.1, -0.05) is 0 Å². The van der Waals surface area contributed by atoms with Crippen LogP contribution >= 0.6 is 11.9 Å². The largest absolute Gasteiger partial charge is 0.461 e. The summed E-state index contributed by atoms with van der Waals surface area (Å²) in [5.74, 6) is 0. The van der Waals surface area contributed by atoms with Gasteiger partial charge in [-0.3, -0.25) is 0 Å². The Bertz CT molecular complexity index is 559. The van der Waals surface area contributed by atoms with Crippen molar-refractivity contribution in [3.8, 4) is 0 Å². The molecule has 0 aromatic heterocycles. The molecule has 1 aromatic rings. The van der Waals surface area contributed by atoms with Gasteiger partial charge in [0.1, 0.15) is 0 Å². The zero-order valence-electron chi connectivity index (χ0n) is 10.6. The molecule has 0 heterocycles. The van der Waals surface area contributed by atoms with Gasteiger partial charge in [-0.15, -0.1) is 0 Å². The standard InChI is InChI=1S/C10H3F12NS/c11-7(12,13)3-1-4(8(14,15)16)6(23-24-10(20,21)22)5(2-3)9(17,18)19/h1-2,23H. The second-order valence-electron chi connectivity index (χ2n) is 4.09. The molecule has 24 heavy (non-hydrogen) atoms. The summed E-state index contributed by atoms with van der Waals surface area (Å²) in [7, 11) is 0. The van der Waals surface area contributed by atoms with Crippen LogP contribution in [0.4, 0.5) is 58.4 Å². The lowest BCUT2D eigenvalue weighted by Gasteiger charge is -2.22. The first-order valence-corrected chi connectivity index (χ1v) is 6.15. The molecule has 0 aliphatic rings. The minimum atomic E-state index is -5.77. The van der Waals surface area contributed by atoms with Crippen LogP contribution in [0.25, 0.3) is 0 Å². The van der Waals surface area contributed by atoms with E-state index < -0.39 is 70.5 Å². The van der Waals surface area contributed by atoms with E-state index in [0.29, 0.717) is 0 Å². The van der Waals surface area contributed by atoms with E-state index in [1.807, 2.05) is 0 Å². The van der Waals surface area contributed by atoms with Crippen LogP contribution in [0.2, 0.25) is 0 Å². The van der Waals surface area contributed by atoms with Crippen molar-refractivity contribution in [2.45, 2.75) is 24.0 Å². The molecule has 0 fully saturated rings. The summed E-state index contributed by atoms with van der Waals surface area (Å²) >= 11 is -1.47. The average Bonchev–Trinajstić information content (AvgIpc) is 2.30. The third-order valence-corrected chi connectivity index (χ3v) is 2.88. The molecule has 0 radical (unpaired) electrons. The summed E-state index contributed by atoms with van der Waals surface area (Å²) in [6.45, 7) is 0. The second kappa shape index (κ2) is 6.11. The second-order valence-corrected chi connectivity index (χ2v) is 4.96. The molecule has 0 spiro atoms. The van der Waals surface area contributed by atoms with Crippen LogP contribution in [0, 0.1) is 0 Å². The van der Waals surface area contributed by atoms with Gasteiger partial charge in [0.05, 0.1) is 34.3 Å². The Morgan fingerprint density at radius 3 is 1.25 bits per heavy atom. The van der Waals surface area contributed by atoms with Gasteiger partial charge < -0.3 is 4.72 Å². The van der Waals surface area contributed by atoms with E-state index in [2.05, 4.69) is 0 Å². The maximum absolute atomic E-state index is 12.7. The van der Waals surface area contributed by atoms with Gasteiger partial charge in [0.15, 0.2) is 0 Å². The van der Waals surface area contributed by atoms with Crippen molar-refractivity contribution < 1.29 is 52.7 Å². The molecule has 1 nitrogen and oxygen atoms in total. The summed E-state index contributed by atoms with van der Waals surface area (Å²) in [4.78, 5) is 0. The molecular weight excluding hydrogens is 394 g/mol. The average molecular weight is 397 g/mol. The van der Waals surface area contributed by atoms with Crippen molar-refractivity contribution >= 4 is 17.6 Å². The number of rotatable bonds is 2. The number of alkyl halides is 12. The van der Waals surface area contributed by atoms with Crippen molar-refractivity contribution in [3.63, 3.8) is 0 Å². The molecule has 0 unspecified atom stereocenters. The van der Waals surface area contributed by atoms with Gasteiger partial charge in [-0.2, -0.15) is 52.7 Å². The minimum Gasteiger partial charge on any atom is -0.321 e. The fourth-order valence-corrected chi connectivity index (χ4v) is 1.91. The van der Waals surface area contributed by atoms with Crippen LogP contribution in [0.1, 0.15) is 16.7 Å². The first-order chi connectivity index (χ1) is 10.4. The van der Waals surface area contributed by atoms with Crippen LogP contribution in [0.3, 0.4) is 0 Å². The van der Waals surface area contributed by atoms with Gasteiger partial charge in [0.2, 0.25) is 0 Å². The number of nitrogens with one attached hydrogen (secondary N) is 1. The van der Waals surface area contributed by atoms with Crippen molar-refractivity contribution in [2.24, 2.45) is 0 Å². The highest BCUT2D eigenvalue weighted by Gasteiger charge is 2.45. The van der Waals surface area contributed by atoms with Crippen LogP contribution in [0.15, 0.2) is 12.1 Å². The Balaban J connectivity index is 3.68. The smallest absolute Gasteiger partial charge is 0.321 e. The van der Waals surface area contributed by atoms with Gasteiger partial charge in [0.25, 0.3) is 0 Å². The van der Waals surface area contributed by atoms with E-state index in [1.165, 1.54) is 0 Å². The first kappa shape index (κ1) is 20.6. The molecule has 14 heteroatoms. The Morgan fingerprint density at radius 2 is 1.00 bits per heavy atom. The van der Waals surface area contributed by atoms with Crippen LogP contribution in [-0.4, -0.2) is 5.51 Å². The number of hydrogen-bond donors (Lipinski definition) is 1. The Morgan fingerprint density at radius 1 is 0.625 bits per heavy atom. The molecule has 0 atom stereocenters. The number of hydrogen-bond acceptors (Lipinski definition) is 2. The first-order valence-electron chi connectivity index (χ1n) is 5.33. The van der Waals surface area contributed by atoms with Crippen molar-refractivity contribution in [1.29, 1.82) is 0 Å². The Kier molecular flexibility index (Phi) is 5.24. The summed E-state index contributed by atoms with van der Waals surface area (Å²) in [6, 6.07) is -1.40. The van der Waals surface area contributed by atoms with Crippen LogP contribution < -0.4 is 4.72 Å². The summed E-state index contributed by atoms with van der Waals surface area (Å²) in [6.07, 6.45) is -17.1. The Labute approximate surface area is 129 Å². The fourth-order valence-electron chi connectivity index (χ4n) is 1.47. The van der Waals surface area contributed by atoms with E-state index in [0.717, 1.165) is 4.72 Å². The van der Waals surface area contributed by atoms with Crippen LogP contribution in [0.5, 0.6) is 0 Å². The molecule has 0 bridgehead atoms. The predicted molar refractivity (Wildman–Crippen MR) is 58.7 cm³/mol. The van der Waals surface area contributed by atoms with Gasteiger partial charge in [0, 0.05) is 0 Å². The molecule has 0 aliphatic carbocycles. The quantitative estimate of drug-likeness (QED) is 0.463. The fraction of sp³-hybridized carbons (Fsp3) is 0.400. The summed E-state index contributed by atoms with van der Waals surface area (Å²) in [5, 5.41) is 0. The highest BCUT2D eigenvalue weighted by Crippen LogP contribution is 2.47. The monoisotopic (exact) mass is 397 g/mol. The van der Waals surface area contributed by atoms with E-state index in [9.17, 15) is 52.7 Å². The molecule has 0 aliphatic heterocycles. The molecule has 138 valence electrons. The van der Waals surface area contributed by atoms with Crippen molar-refractivity contribution in [1.82, 2.24) is 0 Å². The summed E-state index contributed by atoms with van der Waals surface area (Å²) < 4.78 is 151. The van der Waals surface area contributed by atoms with E-state index >= 15 is 0 Å². The van der Waals surface area contributed by atoms with E-state index in [-0.39, 0.29) is 0 Å². The molecule has 1 N–H and O–H groups in total. The SMILES string of the molecule is FC(F)(F)SNc1c(C(F)(F)F)cc(C(F)(F)F)cc1C(F)(F)F. The van der Waals surface area contributed by atoms with Crippen molar-refractivity contribution in [2.75, 3.05) is 4.72 Å². The maximum Gasteiger partial charge on any atom is 0.461 e. The highest BCUT2D eigenvalue weighted by atomic mass is 32.2. The maximum atomic E-state index is 12.7. The predicted octanol–water partition coefficient (Wildman–Crippen LogP) is 6.32. The lowest BCUT2D eigenvalue weighted by molar-refractivity contribution is -0.147. The minimum absolute atomic E-state index is 0.700. The zero-order valence-corrected chi connectivity index (χ0v) is 11.4. The summed E-state index contributed by atoms with van der Waals surface area (Å²) in [5.41, 5.74) is -14.8. The Hall–Kier alpha value is -1.47. The van der Waals surface area contributed by atoms with E-state index in [1.54, 1.807) is 0 Å². The third kappa shape index (κ3) is 5.27. The van der Waals surface area contributed by atoms with E-state index in [4.69, 9.17) is 0 Å². The number of halogens is 12. The molecule has 1 rings (SSSR count). The van der Waals surface area contributed by atoms with Gasteiger partial charge in [-0.25, -0.2) is 0 Å². The molecule has 0 amide bonds. The number of benzene rings is 1. The van der Waals surface area contributed by atoms with Crippen molar-refractivity contribution in [3.05, 3.63) is 28.8 Å². The topological polar surface area (TPSA) is 12.0 Å². The lowest BCUT2D eigenvalue weighted by atomic mass is 10.0. The molecule has 0 saturated carbocycles. The number of anilines is 1. The molecule has 0 saturated heterocycles.